The zero-order chi connectivity index (χ0) is 16.7. The van der Waals surface area contributed by atoms with E-state index in [9.17, 15) is 0 Å². The lowest BCUT2D eigenvalue weighted by Crippen LogP contribution is -2.39. The molecule has 0 amide bonds. The van der Waals surface area contributed by atoms with Crippen molar-refractivity contribution in [2.24, 2.45) is 0 Å². The summed E-state index contributed by atoms with van der Waals surface area (Å²) in [4.78, 5) is 2.37. The van der Waals surface area contributed by atoms with E-state index in [4.69, 9.17) is 4.74 Å². The number of aryl methyl sites for hydroxylation is 1. The standard InChI is InChI=1S/C22H27NO/c1-16-8-10-17(11-9-16)21-19-6-4-5-7-20(19)22(24-21)14-12-18(13-15-22)23(2)3/h4-11,18,21H,12-15H2,1-3H3/t18?,21-,22?/m1/s1. The van der Waals surface area contributed by atoms with Gasteiger partial charge in [-0.3, -0.25) is 0 Å². The highest BCUT2D eigenvalue weighted by Gasteiger charge is 2.47. The molecule has 1 saturated carbocycles. The monoisotopic (exact) mass is 321 g/mol. The molecule has 1 fully saturated rings. The van der Waals surface area contributed by atoms with Crippen molar-refractivity contribution in [3.8, 4) is 0 Å². The van der Waals surface area contributed by atoms with Gasteiger partial charge in [-0.25, -0.2) is 0 Å². The van der Waals surface area contributed by atoms with E-state index in [1.54, 1.807) is 0 Å². The molecule has 0 unspecified atom stereocenters. The number of rotatable bonds is 2. The molecular weight excluding hydrogens is 294 g/mol. The van der Waals surface area contributed by atoms with Crippen LogP contribution in [0.1, 0.15) is 54.0 Å². The Hall–Kier alpha value is -1.64. The Morgan fingerprint density at radius 3 is 2.29 bits per heavy atom. The maximum Gasteiger partial charge on any atom is 0.109 e. The summed E-state index contributed by atoms with van der Waals surface area (Å²) in [6.07, 6.45) is 4.74. The summed E-state index contributed by atoms with van der Waals surface area (Å²) in [5.41, 5.74) is 5.28. The van der Waals surface area contributed by atoms with E-state index in [1.807, 2.05) is 0 Å². The van der Waals surface area contributed by atoms with Crippen LogP contribution in [0.25, 0.3) is 0 Å². The van der Waals surface area contributed by atoms with Crippen molar-refractivity contribution in [2.75, 3.05) is 14.1 Å². The summed E-state index contributed by atoms with van der Waals surface area (Å²) in [5, 5.41) is 0. The first-order valence-corrected chi connectivity index (χ1v) is 9.09. The van der Waals surface area contributed by atoms with Crippen molar-refractivity contribution in [3.63, 3.8) is 0 Å². The summed E-state index contributed by atoms with van der Waals surface area (Å²) in [7, 11) is 4.39. The van der Waals surface area contributed by atoms with Crippen LogP contribution in [-0.4, -0.2) is 25.0 Å². The molecule has 0 bridgehead atoms. The molecule has 0 aromatic heterocycles. The van der Waals surface area contributed by atoms with Gasteiger partial charge >= 0.3 is 0 Å². The molecule has 1 spiro atoms. The number of benzene rings is 2. The number of ether oxygens (including phenoxy) is 1. The molecule has 1 aliphatic heterocycles. The van der Waals surface area contributed by atoms with Gasteiger partial charge in [-0.1, -0.05) is 54.1 Å². The third kappa shape index (κ3) is 2.58. The Kier molecular flexibility index (Phi) is 3.98. The van der Waals surface area contributed by atoms with Crippen LogP contribution in [0.3, 0.4) is 0 Å². The van der Waals surface area contributed by atoms with E-state index in [0.29, 0.717) is 6.04 Å². The van der Waals surface area contributed by atoms with Gasteiger partial charge in [0.2, 0.25) is 0 Å². The molecule has 4 rings (SSSR count). The Bertz CT molecular complexity index is 711. The first kappa shape index (κ1) is 15.9. The molecule has 2 nitrogen and oxygen atoms in total. The lowest BCUT2D eigenvalue weighted by molar-refractivity contribution is -0.0931. The molecule has 1 heterocycles. The average molecular weight is 321 g/mol. The van der Waals surface area contributed by atoms with Crippen LogP contribution in [0.4, 0.5) is 0 Å². The molecule has 1 aliphatic carbocycles. The number of nitrogens with zero attached hydrogens (tertiary/aromatic N) is 1. The maximum atomic E-state index is 6.80. The quantitative estimate of drug-likeness (QED) is 0.787. The Labute approximate surface area is 145 Å². The van der Waals surface area contributed by atoms with Crippen LogP contribution >= 0.6 is 0 Å². The number of hydrogen-bond donors (Lipinski definition) is 0. The van der Waals surface area contributed by atoms with E-state index < -0.39 is 0 Å². The van der Waals surface area contributed by atoms with Crippen molar-refractivity contribution < 1.29 is 4.74 Å². The fraction of sp³-hybridized carbons (Fsp3) is 0.455. The largest absolute Gasteiger partial charge is 0.358 e. The first-order chi connectivity index (χ1) is 11.6. The van der Waals surface area contributed by atoms with Gasteiger partial charge in [-0.05, 0) is 63.4 Å². The highest BCUT2D eigenvalue weighted by atomic mass is 16.5. The SMILES string of the molecule is Cc1ccc([C@H]2OC3(CCC(N(C)C)CC3)c3ccccc32)cc1. The Morgan fingerprint density at radius 1 is 0.958 bits per heavy atom. The van der Waals surface area contributed by atoms with Gasteiger partial charge in [0.1, 0.15) is 6.10 Å². The molecule has 2 heteroatoms. The summed E-state index contributed by atoms with van der Waals surface area (Å²) < 4.78 is 6.80. The molecule has 24 heavy (non-hydrogen) atoms. The third-order valence-electron chi connectivity index (χ3n) is 5.95. The second-order valence-electron chi connectivity index (χ2n) is 7.68. The maximum absolute atomic E-state index is 6.80. The van der Waals surface area contributed by atoms with E-state index in [2.05, 4.69) is 74.4 Å². The molecule has 0 saturated heterocycles. The van der Waals surface area contributed by atoms with Crippen molar-refractivity contribution in [2.45, 2.75) is 50.4 Å². The normalized spacial score (nSPS) is 29.2. The molecule has 0 radical (unpaired) electrons. The molecule has 1 atom stereocenters. The number of fused-ring (bicyclic) bond motifs is 2. The highest BCUT2D eigenvalue weighted by Crippen LogP contribution is 2.53. The first-order valence-electron chi connectivity index (χ1n) is 9.09. The second kappa shape index (κ2) is 6.02. The summed E-state index contributed by atoms with van der Waals surface area (Å²) in [6, 6.07) is 18.4. The van der Waals surface area contributed by atoms with Crippen LogP contribution < -0.4 is 0 Å². The van der Waals surface area contributed by atoms with Crippen molar-refractivity contribution in [1.29, 1.82) is 0 Å². The Balaban J connectivity index is 1.68. The van der Waals surface area contributed by atoms with Gasteiger partial charge in [0.05, 0.1) is 5.60 Å². The van der Waals surface area contributed by atoms with Gasteiger partial charge in [0.25, 0.3) is 0 Å². The second-order valence-corrected chi connectivity index (χ2v) is 7.68. The summed E-state index contributed by atoms with van der Waals surface area (Å²) >= 11 is 0. The van der Waals surface area contributed by atoms with Gasteiger partial charge in [-0.2, -0.15) is 0 Å². The minimum Gasteiger partial charge on any atom is -0.358 e. The molecule has 2 aromatic carbocycles. The van der Waals surface area contributed by atoms with Crippen LogP contribution in [0.2, 0.25) is 0 Å². The third-order valence-corrected chi connectivity index (χ3v) is 5.95. The minimum absolute atomic E-state index is 0.0812. The van der Waals surface area contributed by atoms with E-state index in [1.165, 1.54) is 35.1 Å². The van der Waals surface area contributed by atoms with E-state index in [0.717, 1.165) is 12.8 Å². The smallest absolute Gasteiger partial charge is 0.109 e. The van der Waals surface area contributed by atoms with Crippen molar-refractivity contribution in [3.05, 3.63) is 70.8 Å². The van der Waals surface area contributed by atoms with Crippen LogP contribution in [0, 0.1) is 6.92 Å². The van der Waals surface area contributed by atoms with Crippen molar-refractivity contribution in [1.82, 2.24) is 4.90 Å². The van der Waals surface area contributed by atoms with Gasteiger partial charge in [0.15, 0.2) is 0 Å². The number of hydrogen-bond acceptors (Lipinski definition) is 2. The summed E-state index contributed by atoms with van der Waals surface area (Å²) in [5.74, 6) is 0. The van der Waals surface area contributed by atoms with Crippen LogP contribution in [0.5, 0.6) is 0 Å². The zero-order valence-corrected chi connectivity index (χ0v) is 15.0. The molecular formula is C22H27NO. The van der Waals surface area contributed by atoms with Crippen molar-refractivity contribution >= 4 is 0 Å². The lowest BCUT2D eigenvalue weighted by Gasteiger charge is -2.40. The summed E-state index contributed by atoms with van der Waals surface area (Å²) in [6.45, 7) is 2.14. The molecule has 0 N–H and O–H groups in total. The molecule has 126 valence electrons. The fourth-order valence-electron chi connectivity index (χ4n) is 4.45. The predicted molar refractivity (Wildman–Crippen MR) is 98.2 cm³/mol. The molecule has 2 aliphatic rings. The highest BCUT2D eigenvalue weighted by molar-refractivity contribution is 5.44. The topological polar surface area (TPSA) is 12.5 Å². The zero-order valence-electron chi connectivity index (χ0n) is 15.0. The van der Waals surface area contributed by atoms with E-state index in [-0.39, 0.29) is 11.7 Å². The van der Waals surface area contributed by atoms with Crippen LogP contribution in [0.15, 0.2) is 48.5 Å². The fourth-order valence-corrected chi connectivity index (χ4v) is 4.45. The van der Waals surface area contributed by atoms with E-state index >= 15 is 0 Å². The van der Waals surface area contributed by atoms with Crippen LogP contribution in [-0.2, 0) is 10.3 Å². The predicted octanol–water partition coefficient (Wildman–Crippen LogP) is 4.81. The Morgan fingerprint density at radius 2 is 1.62 bits per heavy atom. The minimum atomic E-state index is -0.0847. The molecule has 2 aromatic rings. The van der Waals surface area contributed by atoms with Gasteiger partial charge in [0, 0.05) is 6.04 Å². The lowest BCUT2D eigenvalue weighted by atomic mass is 9.77. The van der Waals surface area contributed by atoms with Gasteiger partial charge < -0.3 is 9.64 Å². The van der Waals surface area contributed by atoms with Gasteiger partial charge in [-0.15, -0.1) is 0 Å². The average Bonchev–Trinajstić information content (AvgIpc) is 2.91.